The van der Waals surface area contributed by atoms with Crippen molar-refractivity contribution in [1.29, 1.82) is 0 Å². The van der Waals surface area contributed by atoms with Gasteiger partial charge in [0.2, 0.25) is 0 Å². The zero-order valence-electron chi connectivity index (χ0n) is 9.57. The molecule has 0 unspecified atom stereocenters. The van der Waals surface area contributed by atoms with Crippen LogP contribution in [-0.2, 0) is 11.3 Å². The van der Waals surface area contributed by atoms with Crippen molar-refractivity contribution in [1.82, 2.24) is 4.98 Å². The van der Waals surface area contributed by atoms with Crippen molar-refractivity contribution < 1.29 is 9.53 Å². The fourth-order valence-electron chi connectivity index (χ4n) is 1.35. The van der Waals surface area contributed by atoms with Gasteiger partial charge in [-0.2, -0.15) is 0 Å². The lowest BCUT2D eigenvalue weighted by atomic mass is 10.2. The molecule has 0 bridgehead atoms. The maximum Gasteiger partial charge on any atom is 0.340 e. The first-order valence-electron chi connectivity index (χ1n) is 5.29. The topological polar surface area (TPSA) is 39.2 Å². The molecule has 1 aromatic heterocycles. The van der Waals surface area contributed by atoms with Gasteiger partial charge in [0.1, 0.15) is 11.8 Å². The largest absolute Gasteiger partial charge is 0.457 e. The number of esters is 1. The Morgan fingerprint density at radius 1 is 1.16 bits per heavy atom. The number of ether oxygens (including phenoxy) is 1. The Morgan fingerprint density at radius 2 is 1.84 bits per heavy atom. The fourth-order valence-corrected chi connectivity index (χ4v) is 1.74. The second-order valence-corrected chi connectivity index (χ2v) is 4.90. The molecular formula is C13H8Cl3NO2. The van der Waals surface area contributed by atoms with Gasteiger partial charge in [-0.1, -0.05) is 46.9 Å². The second kappa shape index (κ2) is 6.24. The Balaban J connectivity index is 2.01. The van der Waals surface area contributed by atoms with Crippen molar-refractivity contribution in [3.8, 4) is 0 Å². The molecule has 3 nitrogen and oxygen atoms in total. The van der Waals surface area contributed by atoms with Crippen molar-refractivity contribution in [3.63, 3.8) is 0 Å². The maximum absolute atomic E-state index is 11.8. The predicted octanol–water partition coefficient (Wildman–Crippen LogP) is 4.40. The van der Waals surface area contributed by atoms with Gasteiger partial charge in [-0.25, -0.2) is 9.78 Å². The van der Waals surface area contributed by atoms with Crippen LogP contribution < -0.4 is 0 Å². The highest BCUT2D eigenvalue weighted by Crippen LogP contribution is 2.20. The summed E-state index contributed by atoms with van der Waals surface area (Å²) in [4.78, 5) is 15.5. The Kier molecular flexibility index (Phi) is 4.64. The standard InChI is InChI=1S/C13H8Cl3NO2/c14-10-3-1-8(2-4-10)7-19-13(18)9-5-11(15)12(16)17-6-9/h1-6H,7H2. The van der Waals surface area contributed by atoms with E-state index in [1.165, 1.54) is 12.3 Å². The lowest BCUT2D eigenvalue weighted by Gasteiger charge is -2.05. The van der Waals surface area contributed by atoms with Crippen LogP contribution in [0.3, 0.4) is 0 Å². The molecule has 0 aliphatic rings. The summed E-state index contributed by atoms with van der Waals surface area (Å²) < 4.78 is 5.13. The van der Waals surface area contributed by atoms with E-state index in [0.717, 1.165) is 5.56 Å². The average molecular weight is 317 g/mol. The minimum atomic E-state index is -0.513. The molecule has 0 fully saturated rings. The smallest absolute Gasteiger partial charge is 0.340 e. The van der Waals surface area contributed by atoms with Gasteiger partial charge in [0.15, 0.2) is 0 Å². The van der Waals surface area contributed by atoms with E-state index >= 15 is 0 Å². The highest BCUT2D eigenvalue weighted by atomic mass is 35.5. The summed E-state index contributed by atoms with van der Waals surface area (Å²) in [5, 5.41) is 0.988. The quantitative estimate of drug-likeness (QED) is 0.622. The highest BCUT2D eigenvalue weighted by Gasteiger charge is 2.10. The van der Waals surface area contributed by atoms with Crippen LogP contribution in [0.5, 0.6) is 0 Å². The monoisotopic (exact) mass is 315 g/mol. The van der Waals surface area contributed by atoms with Gasteiger partial charge in [-0.05, 0) is 23.8 Å². The van der Waals surface area contributed by atoms with Crippen molar-refractivity contribution in [2.45, 2.75) is 6.61 Å². The molecule has 1 heterocycles. The summed E-state index contributed by atoms with van der Waals surface area (Å²) in [5.74, 6) is -0.513. The lowest BCUT2D eigenvalue weighted by molar-refractivity contribution is 0.0472. The van der Waals surface area contributed by atoms with Crippen LogP contribution in [-0.4, -0.2) is 11.0 Å². The van der Waals surface area contributed by atoms with Crippen LogP contribution in [0, 0.1) is 0 Å². The molecule has 2 rings (SSSR count). The van der Waals surface area contributed by atoms with Gasteiger partial charge in [-0.15, -0.1) is 0 Å². The number of halogens is 3. The first-order valence-corrected chi connectivity index (χ1v) is 6.42. The van der Waals surface area contributed by atoms with E-state index in [9.17, 15) is 4.79 Å². The number of benzene rings is 1. The molecule has 0 amide bonds. The molecule has 6 heteroatoms. The fraction of sp³-hybridized carbons (Fsp3) is 0.0769. The van der Waals surface area contributed by atoms with Crippen LogP contribution in [0.1, 0.15) is 15.9 Å². The Morgan fingerprint density at radius 3 is 2.47 bits per heavy atom. The van der Waals surface area contributed by atoms with Gasteiger partial charge < -0.3 is 4.74 Å². The van der Waals surface area contributed by atoms with Crippen LogP contribution >= 0.6 is 34.8 Å². The van der Waals surface area contributed by atoms with Crippen molar-refractivity contribution in [2.24, 2.45) is 0 Å². The third-order valence-electron chi connectivity index (χ3n) is 2.32. The lowest BCUT2D eigenvalue weighted by Crippen LogP contribution is -2.05. The van der Waals surface area contributed by atoms with Crippen LogP contribution in [0.25, 0.3) is 0 Å². The summed E-state index contributed by atoms with van der Waals surface area (Å²) in [6.45, 7) is 0.149. The van der Waals surface area contributed by atoms with Crippen molar-refractivity contribution in [3.05, 3.63) is 62.9 Å². The van der Waals surface area contributed by atoms with Gasteiger partial charge in [-0.3, -0.25) is 0 Å². The maximum atomic E-state index is 11.8. The van der Waals surface area contributed by atoms with Crippen LogP contribution in [0.15, 0.2) is 36.5 Å². The number of hydrogen-bond donors (Lipinski definition) is 0. The van der Waals surface area contributed by atoms with Crippen LogP contribution in [0.2, 0.25) is 15.2 Å². The predicted molar refractivity (Wildman–Crippen MR) is 74.8 cm³/mol. The molecule has 0 saturated heterocycles. The van der Waals surface area contributed by atoms with Gasteiger partial charge in [0.05, 0.1) is 10.6 Å². The number of pyridine rings is 1. The number of nitrogens with zero attached hydrogens (tertiary/aromatic N) is 1. The Labute approximate surface area is 125 Å². The number of rotatable bonds is 3. The number of hydrogen-bond acceptors (Lipinski definition) is 3. The Bertz CT molecular complexity index is 599. The summed E-state index contributed by atoms with van der Waals surface area (Å²) in [7, 11) is 0. The molecule has 1 aromatic carbocycles. The third-order valence-corrected chi connectivity index (χ3v) is 3.25. The molecule has 0 spiro atoms. The summed E-state index contributed by atoms with van der Waals surface area (Å²) in [6, 6.07) is 8.43. The zero-order valence-corrected chi connectivity index (χ0v) is 11.8. The van der Waals surface area contributed by atoms with Crippen molar-refractivity contribution in [2.75, 3.05) is 0 Å². The zero-order chi connectivity index (χ0) is 13.8. The normalized spacial score (nSPS) is 10.3. The minimum absolute atomic E-state index is 0.149. The average Bonchev–Trinajstić information content (AvgIpc) is 2.41. The van der Waals surface area contributed by atoms with E-state index in [0.29, 0.717) is 5.02 Å². The third kappa shape index (κ3) is 3.83. The molecule has 0 N–H and O–H groups in total. The first-order chi connectivity index (χ1) is 9.06. The SMILES string of the molecule is O=C(OCc1ccc(Cl)cc1)c1cnc(Cl)c(Cl)c1. The van der Waals surface area contributed by atoms with Crippen LogP contribution in [0.4, 0.5) is 0 Å². The molecule has 0 aliphatic heterocycles. The summed E-state index contributed by atoms with van der Waals surface area (Å²) in [5.41, 5.74) is 1.09. The number of carbonyl (C=O) groups is 1. The molecule has 2 aromatic rings. The molecule has 0 aliphatic carbocycles. The first kappa shape index (κ1) is 14.1. The molecular weight excluding hydrogens is 309 g/mol. The van der Waals surface area contributed by atoms with E-state index in [1.54, 1.807) is 24.3 Å². The van der Waals surface area contributed by atoms with E-state index in [-0.39, 0.29) is 22.3 Å². The molecule has 98 valence electrons. The molecule has 0 saturated carbocycles. The van der Waals surface area contributed by atoms with Crippen molar-refractivity contribution >= 4 is 40.8 Å². The number of aromatic nitrogens is 1. The Hall–Kier alpha value is -1.29. The minimum Gasteiger partial charge on any atom is -0.457 e. The van der Waals surface area contributed by atoms with E-state index in [1.807, 2.05) is 0 Å². The molecule has 19 heavy (non-hydrogen) atoms. The van der Waals surface area contributed by atoms with E-state index in [4.69, 9.17) is 39.5 Å². The highest BCUT2D eigenvalue weighted by molar-refractivity contribution is 6.41. The van der Waals surface area contributed by atoms with E-state index < -0.39 is 5.97 Å². The molecule has 0 atom stereocenters. The van der Waals surface area contributed by atoms with Gasteiger partial charge >= 0.3 is 5.97 Å². The van der Waals surface area contributed by atoms with Gasteiger partial charge in [0.25, 0.3) is 0 Å². The number of carbonyl (C=O) groups excluding carboxylic acids is 1. The summed E-state index contributed by atoms with van der Waals surface area (Å²) >= 11 is 17.2. The molecule has 0 radical (unpaired) electrons. The van der Waals surface area contributed by atoms with Gasteiger partial charge in [0, 0.05) is 11.2 Å². The summed E-state index contributed by atoms with van der Waals surface area (Å²) in [6.07, 6.45) is 1.32. The van der Waals surface area contributed by atoms with E-state index in [2.05, 4.69) is 4.98 Å². The second-order valence-electron chi connectivity index (χ2n) is 3.70.